The first-order chi connectivity index (χ1) is 15.2. The fraction of sp³-hybridized carbons (Fsp3) is 0.375. The summed E-state index contributed by atoms with van der Waals surface area (Å²) in [4.78, 5) is 28.2. The van der Waals surface area contributed by atoms with Crippen LogP contribution in [0.3, 0.4) is 0 Å². The smallest absolute Gasteiger partial charge is 0.420 e. The lowest BCUT2D eigenvalue weighted by Gasteiger charge is -2.29. The number of nitriles is 1. The lowest BCUT2D eigenvalue weighted by atomic mass is 10.1. The number of carbonyl (C=O) groups is 1. The molecule has 1 fully saturated rings. The second-order valence-electron chi connectivity index (χ2n) is 8.75. The molecule has 2 aromatic heterocycles. The van der Waals surface area contributed by atoms with Crippen molar-refractivity contribution in [1.29, 1.82) is 5.26 Å². The summed E-state index contributed by atoms with van der Waals surface area (Å²) in [6, 6.07) is 10.7. The van der Waals surface area contributed by atoms with Crippen molar-refractivity contribution >= 4 is 23.1 Å². The zero-order valence-corrected chi connectivity index (χ0v) is 18.6. The van der Waals surface area contributed by atoms with Gasteiger partial charge in [-0.3, -0.25) is 9.89 Å². The quantitative estimate of drug-likeness (QED) is 0.619. The average molecular weight is 434 g/mol. The molecule has 8 heteroatoms. The highest BCUT2D eigenvalue weighted by Crippen LogP contribution is 2.45. The number of anilines is 2. The summed E-state index contributed by atoms with van der Waals surface area (Å²) in [5, 5.41) is 12.7. The summed E-state index contributed by atoms with van der Waals surface area (Å²) in [5.41, 5.74) is 0.360. The zero-order chi connectivity index (χ0) is 23.0. The van der Waals surface area contributed by atoms with E-state index in [4.69, 9.17) is 9.47 Å². The zero-order valence-electron chi connectivity index (χ0n) is 18.6. The number of nitrogens with one attached hydrogen (secondary N) is 1. The molecule has 166 valence electrons. The van der Waals surface area contributed by atoms with Gasteiger partial charge in [-0.15, -0.1) is 0 Å². The molecule has 1 aromatic carbocycles. The lowest BCUT2D eigenvalue weighted by molar-refractivity contribution is 0.0597. The van der Waals surface area contributed by atoms with E-state index in [1.165, 1.54) is 4.90 Å². The van der Waals surface area contributed by atoms with Gasteiger partial charge >= 0.3 is 6.09 Å². The van der Waals surface area contributed by atoms with E-state index >= 15 is 0 Å². The molecule has 1 saturated carbocycles. The molecule has 8 nitrogen and oxygen atoms in total. The molecule has 4 rings (SSSR count). The van der Waals surface area contributed by atoms with Crippen molar-refractivity contribution in [3.05, 3.63) is 57.9 Å². The van der Waals surface area contributed by atoms with Crippen molar-refractivity contribution in [2.24, 2.45) is 0 Å². The molecule has 0 aliphatic heterocycles. The first kappa shape index (κ1) is 21.5. The Kier molecular flexibility index (Phi) is 5.43. The minimum Gasteiger partial charge on any atom is -0.494 e. The van der Waals surface area contributed by atoms with Gasteiger partial charge in [-0.1, -0.05) is 0 Å². The molecule has 2 heterocycles. The third-order valence-electron chi connectivity index (χ3n) is 5.16. The molecule has 1 N–H and O–H groups in total. The number of pyridine rings is 1. The standard InChI is InChI=1S/C24H26N4O4/c1-5-31-17-10-8-16(9-11-17)27(23(30)32-24(2,3)4)22-20(15-6-7-15)21(29)18(14-25)19-12-13-26-28(19)22/h8-13,15,26H,5-7H2,1-4H3. The van der Waals surface area contributed by atoms with E-state index < -0.39 is 11.7 Å². The Bertz CT molecular complexity index is 1250. The van der Waals surface area contributed by atoms with Gasteiger partial charge < -0.3 is 9.47 Å². The van der Waals surface area contributed by atoms with Crippen LogP contribution in [-0.2, 0) is 4.74 Å². The number of aromatic amines is 1. The maximum atomic E-state index is 13.5. The van der Waals surface area contributed by atoms with Gasteiger partial charge in [-0.25, -0.2) is 14.2 Å². The predicted octanol–water partition coefficient (Wildman–Crippen LogP) is 4.85. The number of aromatic nitrogens is 2. The molecule has 32 heavy (non-hydrogen) atoms. The van der Waals surface area contributed by atoms with E-state index in [2.05, 4.69) is 5.10 Å². The number of hydrogen-bond donors (Lipinski definition) is 1. The van der Waals surface area contributed by atoms with Gasteiger partial charge in [-0.2, -0.15) is 5.26 Å². The molecular formula is C24H26N4O4. The molecule has 1 aliphatic rings. The Labute approximate surface area is 186 Å². The SMILES string of the molecule is CCOc1ccc(N(C(=O)OC(C)(C)C)c2c(C3CC3)c(=O)c(C#N)c3cc[nH]n23)cc1. The summed E-state index contributed by atoms with van der Waals surface area (Å²) in [5.74, 6) is 1.03. The predicted molar refractivity (Wildman–Crippen MR) is 121 cm³/mol. The first-order valence-electron chi connectivity index (χ1n) is 10.7. The number of benzene rings is 1. The number of rotatable bonds is 5. The summed E-state index contributed by atoms with van der Waals surface area (Å²) in [7, 11) is 0. The first-order valence-corrected chi connectivity index (χ1v) is 10.7. The summed E-state index contributed by atoms with van der Waals surface area (Å²) < 4.78 is 12.9. The molecule has 1 aliphatic carbocycles. The van der Waals surface area contributed by atoms with Gasteiger partial charge in [0.15, 0.2) is 0 Å². The number of nitrogens with zero attached hydrogens (tertiary/aromatic N) is 3. The van der Waals surface area contributed by atoms with E-state index in [1.807, 2.05) is 13.0 Å². The highest BCUT2D eigenvalue weighted by molar-refractivity contribution is 5.97. The van der Waals surface area contributed by atoms with Crippen LogP contribution in [0.1, 0.15) is 57.6 Å². The highest BCUT2D eigenvalue weighted by atomic mass is 16.6. The van der Waals surface area contributed by atoms with E-state index in [1.54, 1.807) is 61.8 Å². The second-order valence-corrected chi connectivity index (χ2v) is 8.75. The van der Waals surface area contributed by atoms with Gasteiger partial charge in [0, 0.05) is 11.8 Å². The minimum atomic E-state index is -0.743. The Morgan fingerprint density at radius 1 is 1.25 bits per heavy atom. The van der Waals surface area contributed by atoms with Crippen molar-refractivity contribution in [3.63, 3.8) is 0 Å². The third-order valence-corrected chi connectivity index (χ3v) is 5.16. The van der Waals surface area contributed by atoms with Crippen LogP contribution >= 0.6 is 0 Å². The minimum absolute atomic E-state index is 0.0163. The van der Waals surface area contributed by atoms with Crippen molar-refractivity contribution < 1.29 is 14.3 Å². The van der Waals surface area contributed by atoms with Gasteiger partial charge in [0.1, 0.15) is 28.8 Å². The summed E-state index contributed by atoms with van der Waals surface area (Å²) in [6.45, 7) is 7.79. The van der Waals surface area contributed by atoms with Crippen LogP contribution in [0.5, 0.6) is 5.75 Å². The molecule has 3 aromatic rings. The van der Waals surface area contributed by atoms with Gasteiger partial charge in [0.2, 0.25) is 5.43 Å². The number of ether oxygens (including phenoxy) is 2. The Hall–Kier alpha value is -3.73. The third kappa shape index (κ3) is 3.94. The van der Waals surface area contributed by atoms with Crippen LogP contribution in [0.2, 0.25) is 0 Å². The van der Waals surface area contributed by atoms with Crippen LogP contribution in [0.15, 0.2) is 41.3 Å². The molecule has 0 atom stereocenters. The van der Waals surface area contributed by atoms with Gasteiger partial charge in [0.05, 0.1) is 17.8 Å². The summed E-state index contributed by atoms with van der Waals surface area (Å²) >= 11 is 0. The van der Waals surface area contributed by atoms with Crippen molar-refractivity contribution in [3.8, 4) is 11.8 Å². The van der Waals surface area contributed by atoms with Crippen LogP contribution in [-0.4, -0.2) is 27.9 Å². The van der Waals surface area contributed by atoms with Crippen LogP contribution < -0.4 is 15.1 Å². The van der Waals surface area contributed by atoms with Crippen LogP contribution in [0.25, 0.3) is 5.52 Å². The number of hydrogen-bond acceptors (Lipinski definition) is 5. The lowest BCUT2D eigenvalue weighted by Crippen LogP contribution is -2.36. The van der Waals surface area contributed by atoms with E-state index in [0.717, 1.165) is 12.8 Å². The molecule has 0 bridgehead atoms. The van der Waals surface area contributed by atoms with Crippen LogP contribution in [0, 0.1) is 11.3 Å². The van der Waals surface area contributed by atoms with Gasteiger partial charge in [-0.05, 0) is 76.8 Å². The monoisotopic (exact) mass is 434 g/mol. The average Bonchev–Trinajstić information content (AvgIpc) is 3.44. The maximum Gasteiger partial charge on any atom is 0.420 e. The summed E-state index contributed by atoms with van der Waals surface area (Å²) in [6.07, 6.45) is 2.67. The van der Waals surface area contributed by atoms with E-state index in [0.29, 0.717) is 34.9 Å². The van der Waals surface area contributed by atoms with Crippen LogP contribution in [0.4, 0.5) is 16.3 Å². The molecule has 0 saturated heterocycles. The maximum absolute atomic E-state index is 13.5. The largest absolute Gasteiger partial charge is 0.494 e. The topological polar surface area (TPSA) is 99.8 Å². The van der Waals surface area contributed by atoms with Crippen molar-refractivity contribution in [2.75, 3.05) is 11.5 Å². The normalized spacial score (nSPS) is 13.6. The molecule has 1 amide bonds. The molecular weight excluding hydrogens is 408 g/mol. The number of amides is 1. The Morgan fingerprint density at radius 2 is 1.94 bits per heavy atom. The Balaban J connectivity index is 1.99. The van der Waals surface area contributed by atoms with E-state index in [-0.39, 0.29) is 16.9 Å². The fourth-order valence-corrected chi connectivity index (χ4v) is 3.73. The van der Waals surface area contributed by atoms with Crippen molar-refractivity contribution in [2.45, 2.75) is 52.1 Å². The molecule has 0 unspecified atom stereocenters. The fourth-order valence-electron chi connectivity index (χ4n) is 3.73. The molecule has 0 radical (unpaired) electrons. The molecule has 0 spiro atoms. The van der Waals surface area contributed by atoms with Crippen molar-refractivity contribution in [1.82, 2.24) is 9.61 Å². The number of H-pyrrole nitrogens is 1. The Morgan fingerprint density at radius 3 is 2.50 bits per heavy atom. The van der Waals surface area contributed by atoms with E-state index in [9.17, 15) is 14.9 Å². The van der Waals surface area contributed by atoms with Gasteiger partial charge in [0.25, 0.3) is 0 Å². The number of carbonyl (C=O) groups excluding carboxylic acids is 1. The second kappa shape index (κ2) is 8.08. The highest BCUT2D eigenvalue weighted by Gasteiger charge is 2.37. The number of fused-ring (bicyclic) bond motifs is 1.